The maximum absolute atomic E-state index is 15.0. The summed E-state index contributed by atoms with van der Waals surface area (Å²) in [6.07, 6.45) is -2.11. The van der Waals surface area contributed by atoms with Gasteiger partial charge in [0.05, 0.1) is 25.2 Å². The van der Waals surface area contributed by atoms with Gasteiger partial charge in [-0.3, -0.25) is 10.1 Å². The molecule has 6 nitrogen and oxygen atoms in total. The van der Waals surface area contributed by atoms with Gasteiger partial charge >= 0.3 is 5.97 Å². The predicted molar refractivity (Wildman–Crippen MR) is 98.0 cm³/mol. The van der Waals surface area contributed by atoms with Crippen LogP contribution >= 0.6 is 0 Å². The lowest BCUT2D eigenvalue weighted by atomic mass is 10.0. The van der Waals surface area contributed by atoms with Crippen molar-refractivity contribution in [3.8, 4) is 0 Å². The lowest BCUT2D eigenvalue weighted by Gasteiger charge is -2.36. The Balaban J connectivity index is 2.37. The molecule has 142 valence electrons. The number of nitro groups is 1. The molecular formula is C18H24FNO5Si. The molecule has 0 unspecified atom stereocenters. The molecule has 1 heterocycles. The summed E-state index contributed by atoms with van der Waals surface area (Å²) in [5.41, 5.74) is 0.529. The summed E-state index contributed by atoms with van der Waals surface area (Å²) in [6, 6.07) is 5.74. The van der Waals surface area contributed by atoms with Crippen LogP contribution < -0.4 is 0 Å². The molecule has 2 atom stereocenters. The normalized spacial score (nSPS) is 21.0. The molecule has 1 aromatic rings. The molecule has 0 spiro atoms. The molecule has 1 aromatic carbocycles. The molecule has 8 heteroatoms. The number of esters is 1. The maximum Gasteiger partial charge on any atom is 0.339 e. The van der Waals surface area contributed by atoms with Crippen molar-refractivity contribution in [3.05, 3.63) is 51.0 Å². The van der Waals surface area contributed by atoms with Crippen LogP contribution in [-0.2, 0) is 14.3 Å². The van der Waals surface area contributed by atoms with Gasteiger partial charge < -0.3 is 9.47 Å². The first kappa shape index (κ1) is 20.3. The third-order valence-corrected chi connectivity index (χ3v) is 6.22. The molecule has 0 fully saturated rings. The number of ether oxygens (including phenoxy) is 2. The van der Waals surface area contributed by atoms with E-state index in [4.69, 9.17) is 9.47 Å². The fourth-order valence-corrected chi connectivity index (χ4v) is 4.86. The molecule has 0 bridgehead atoms. The quantitative estimate of drug-likeness (QED) is 0.325. The summed E-state index contributed by atoms with van der Waals surface area (Å²) in [6.45, 7) is 9.30. The van der Waals surface area contributed by atoms with Crippen LogP contribution in [0.15, 0.2) is 35.3 Å². The Kier molecular flexibility index (Phi) is 5.97. The molecular weight excluding hydrogens is 357 g/mol. The number of non-ortho nitro benzene ring substituents is 1. The number of hydrogen-bond acceptors (Lipinski definition) is 5. The second kappa shape index (κ2) is 7.67. The average Bonchev–Trinajstić information content (AvgIpc) is 2.52. The van der Waals surface area contributed by atoms with Crippen LogP contribution in [0.1, 0.15) is 31.9 Å². The molecule has 0 amide bonds. The van der Waals surface area contributed by atoms with Crippen molar-refractivity contribution in [1.29, 1.82) is 0 Å². The fraction of sp³-hybridized carbons (Fsp3) is 0.500. The molecule has 26 heavy (non-hydrogen) atoms. The fourth-order valence-electron chi connectivity index (χ4n) is 2.97. The zero-order valence-electron chi connectivity index (χ0n) is 15.6. The lowest BCUT2D eigenvalue weighted by molar-refractivity contribution is -0.384. The minimum atomic E-state index is -2.16. The Bertz CT molecular complexity index is 724. The first-order valence-corrected chi connectivity index (χ1v) is 12.0. The molecule has 0 aromatic heterocycles. The maximum atomic E-state index is 15.0. The van der Waals surface area contributed by atoms with Gasteiger partial charge in [-0.1, -0.05) is 19.6 Å². The summed E-state index contributed by atoms with van der Waals surface area (Å²) in [4.78, 5) is 22.8. The predicted octanol–water partition coefficient (Wildman–Crippen LogP) is 4.48. The van der Waals surface area contributed by atoms with Crippen LogP contribution in [0.4, 0.5) is 10.1 Å². The van der Waals surface area contributed by atoms with Crippen molar-refractivity contribution < 1.29 is 23.6 Å². The number of nitro benzene ring substituents is 1. The molecule has 1 aliphatic rings. The van der Waals surface area contributed by atoms with E-state index in [9.17, 15) is 19.3 Å². The minimum Gasteiger partial charge on any atom is -0.461 e. The van der Waals surface area contributed by atoms with Gasteiger partial charge in [0.15, 0.2) is 6.10 Å². The number of hydrogen-bond donors (Lipinski definition) is 0. The van der Waals surface area contributed by atoms with E-state index in [1.807, 2.05) is 19.6 Å². The number of rotatable bonds is 5. The van der Waals surface area contributed by atoms with E-state index in [2.05, 4.69) is 0 Å². The summed E-state index contributed by atoms with van der Waals surface area (Å²) in [5.74, 6) is -0.941. The molecule has 1 aliphatic heterocycles. The molecule has 0 radical (unpaired) electrons. The zero-order chi connectivity index (χ0) is 19.6. The molecule has 0 aliphatic carbocycles. The molecule has 0 saturated heterocycles. The van der Waals surface area contributed by atoms with Crippen LogP contribution in [0, 0.1) is 10.1 Å². The van der Waals surface area contributed by atoms with E-state index in [-0.39, 0.29) is 24.0 Å². The number of benzene rings is 1. The topological polar surface area (TPSA) is 78.7 Å². The van der Waals surface area contributed by atoms with Gasteiger partial charge in [0, 0.05) is 18.6 Å². The SMILES string of the molecule is CC(C)OC(=O)[C@H]1O[C@H](c2ccc([N+](=O)[O-])cc2)CC(F)=C1[Si](C)(C)C. The van der Waals surface area contributed by atoms with Crippen LogP contribution in [0.3, 0.4) is 0 Å². The van der Waals surface area contributed by atoms with E-state index in [0.717, 1.165) is 0 Å². The van der Waals surface area contributed by atoms with E-state index < -0.39 is 31.2 Å². The standard InChI is InChI=1S/C18H24FNO5Si/c1-11(2)24-18(21)16-17(26(3,4)5)14(19)10-15(25-16)12-6-8-13(9-7-12)20(22)23/h6-9,11,15-16H,10H2,1-5H3/t15-,16-/m0/s1. The number of carbonyl (C=O) groups excluding carboxylic acids is 1. The van der Waals surface area contributed by atoms with Gasteiger partial charge in [0.25, 0.3) is 5.69 Å². The highest BCUT2D eigenvalue weighted by Gasteiger charge is 2.42. The Morgan fingerprint density at radius 3 is 2.35 bits per heavy atom. The van der Waals surface area contributed by atoms with Crippen molar-refractivity contribution in [2.75, 3.05) is 0 Å². The zero-order valence-corrected chi connectivity index (χ0v) is 16.6. The number of carbonyl (C=O) groups is 1. The van der Waals surface area contributed by atoms with Crippen molar-refractivity contribution in [2.45, 2.75) is 58.2 Å². The lowest BCUT2D eigenvalue weighted by Crippen LogP contribution is -2.43. The van der Waals surface area contributed by atoms with Gasteiger partial charge in [-0.05, 0) is 36.7 Å². The second-order valence-corrected chi connectivity index (χ2v) is 12.7. The third kappa shape index (κ3) is 4.56. The Morgan fingerprint density at radius 1 is 1.31 bits per heavy atom. The Hall–Kier alpha value is -2.06. The van der Waals surface area contributed by atoms with Crippen molar-refractivity contribution in [1.82, 2.24) is 0 Å². The van der Waals surface area contributed by atoms with Gasteiger partial charge in [-0.25, -0.2) is 9.18 Å². The number of halogens is 1. The molecule has 0 saturated carbocycles. The van der Waals surface area contributed by atoms with Gasteiger partial charge in [0.2, 0.25) is 0 Å². The van der Waals surface area contributed by atoms with Crippen LogP contribution in [-0.4, -0.2) is 31.2 Å². The third-order valence-electron chi connectivity index (χ3n) is 4.07. The van der Waals surface area contributed by atoms with E-state index >= 15 is 0 Å². The van der Waals surface area contributed by atoms with Gasteiger partial charge in [-0.2, -0.15) is 0 Å². The largest absolute Gasteiger partial charge is 0.461 e. The van der Waals surface area contributed by atoms with Crippen LogP contribution in [0.2, 0.25) is 19.6 Å². The van der Waals surface area contributed by atoms with Gasteiger partial charge in [-0.15, -0.1) is 0 Å². The smallest absolute Gasteiger partial charge is 0.339 e. The van der Waals surface area contributed by atoms with Crippen molar-refractivity contribution in [3.63, 3.8) is 0 Å². The first-order valence-electron chi connectivity index (χ1n) is 8.50. The minimum absolute atomic E-state index is 0.00285. The summed E-state index contributed by atoms with van der Waals surface area (Å²) >= 11 is 0. The van der Waals surface area contributed by atoms with E-state index in [0.29, 0.717) is 10.8 Å². The van der Waals surface area contributed by atoms with Crippen molar-refractivity contribution >= 4 is 19.7 Å². The summed E-state index contributed by atoms with van der Waals surface area (Å²) in [5, 5.41) is 11.2. The monoisotopic (exact) mass is 381 g/mol. The highest BCUT2D eigenvalue weighted by atomic mass is 28.3. The molecule has 2 rings (SSSR count). The number of nitrogens with zero attached hydrogens (tertiary/aromatic N) is 1. The van der Waals surface area contributed by atoms with Gasteiger partial charge in [0.1, 0.15) is 5.83 Å². The molecule has 0 N–H and O–H groups in total. The second-order valence-electron chi connectivity index (χ2n) is 7.61. The summed E-state index contributed by atoms with van der Waals surface area (Å²) in [7, 11) is -2.16. The Morgan fingerprint density at radius 2 is 1.88 bits per heavy atom. The van der Waals surface area contributed by atoms with Crippen LogP contribution in [0.5, 0.6) is 0 Å². The van der Waals surface area contributed by atoms with Crippen molar-refractivity contribution in [2.24, 2.45) is 0 Å². The highest BCUT2D eigenvalue weighted by molar-refractivity contribution is 6.83. The first-order chi connectivity index (χ1) is 12.0. The average molecular weight is 381 g/mol. The van der Waals surface area contributed by atoms with E-state index in [1.54, 1.807) is 13.8 Å². The highest BCUT2D eigenvalue weighted by Crippen LogP contribution is 2.40. The Labute approximate surface area is 153 Å². The van der Waals surface area contributed by atoms with Crippen LogP contribution in [0.25, 0.3) is 0 Å². The summed E-state index contributed by atoms with van der Waals surface area (Å²) < 4.78 is 26.2. The van der Waals surface area contributed by atoms with E-state index in [1.165, 1.54) is 24.3 Å².